The van der Waals surface area contributed by atoms with Gasteiger partial charge in [0, 0.05) is 11.3 Å². The minimum Gasteiger partial charge on any atom is -0.493 e. The van der Waals surface area contributed by atoms with Gasteiger partial charge in [-0.25, -0.2) is 4.68 Å². The first-order chi connectivity index (χ1) is 12.9. The van der Waals surface area contributed by atoms with Gasteiger partial charge in [0.05, 0.1) is 12.3 Å². The summed E-state index contributed by atoms with van der Waals surface area (Å²) in [4.78, 5) is 12.9. The van der Waals surface area contributed by atoms with Gasteiger partial charge in [0.2, 0.25) is 0 Å². The molecule has 0 saturated carbocycles. The maximum absolute atomic E-state index is 12.9. The van der Waals surface area contributed by atoms with Crippen LogP contribution in [-0.2, 0) is 6.42 Å². The second kappa shape index (κ2) is 10.3. The lowest BCUT2D eigenvalue weighted by Crippen LogP contribution is -2.15. The van der Waals surface area contributed by atoms with Crippen LogP contribution in [0.3, 0.4) is 0 Å². The molecule has 2 rings (SSSR count). The number of hydrogen-bond acceptors (Lipinski definition) is 3. The van der Waals surface area contributed by atoms with E-state index in [0.29, 0.717) is 18.1 Å². The first kappa shape index (κ1) is 21.2. The summed E-state index contributed by atoms with van der Waals surface area (Å²) in [5.74, 6) is 1.19. The Labute approximate surface area is 163 Å². The molecule has 1 aromatic carbocycles. The molecule has 0 amide bonds. The molecule has 4 nitrogen and oxygen atoms in total. The Morgan fingerprint density at radius 2 is 1.74 bits per heavy atom. The summed E-state index contributed by atoms with van der Waals surface area (Å²) in [6.07, 6.45) is 7.23. The molecule has 0 aliphatic heterocycles. The van der Waals surface area contributed by atoms with E-state index in [-0.39, 0.29) is 5.91 Å². The minimum atomic E-state index is -0.0803. The number of rotatable bonds is 10. The second-order valence-corrected chi connectivity index (χ2v) is 7.76. The largest absolute Gasteiger partial charge is 0.493 e. The molecule has 0 saturated heterocycles. The first-order valence-corrected chi connectivity index (χ1v) is 10.3. The van der Waals surface area contributed by atoms with E-state index >= 15 is 0 Å². The van der Waals surface area contributed by atoms with E-state index < -0.39 is 0 Å². The molecule has 0 aliphatic carbocycles. The topological polar surface area (TPSA) is 44.1 Å². The van der Waals surface area contributed by atoms with Crippen LogP contribution in [0, 0.1) is 19.8 Å². The number of carbonyl (C=O) groups excluding carboxylic acids is 1. The molecule has 27 heavy (non-hydrogen) atoms. The number of unbranched alkanes of at least 4 members (excludes halogenated alkanes) is 4. The van der Waals surface area contributed by atoms with Crippen LogP contribution in [0.2, 0.25) is 0 Å². The Balaban J connectivity index is 2.04. The highest BCUT2D eigenvalue weighted by Gasteiger charge is 2.17. The van der Waals surface area contributed by atoms with Crippen molar-refractivity contribution in [2.24, 2.45) is 5.92 Å². The Morgan fingerprint density at radius 1 is 1.07 bits per heavy atom. The van der Waals surface area contributed by atoms with Gasteiger partial charge in [0.25, 0.3) is 5.91 Å². The van der Waals surface area contributed by atoms with Crippen molar-refractivity contribution in [1.29, 1.82) is 0 Å². The summed E-state index contributed by atoms with van der Waals surface area (Å²) in [6, 6.07) is 7.35. The van der Waals surface area contributed by atoms with Crippen molar-refractivity contribution in [3.63, 3.8) is 0 Å². The van der Waals surface area contributed by atoms with Crippen LogP contribution in [-0.4, -0.2) is 22.3 Å². The highest BCUT2D eigenvalue weighted by atomic mass is 16.5. The van der Waals surface area contributed by atoms with E-state index in [9.17, 15) is 4.79 Å². The van der Waals surface area contributed by atoms with E-state index in [1.165, 1.54) is 31.2 Å². The van der Waals surface area contributed by atoms with E-state index in [0.717, 1.165) is 30.0 Å². The maximum atomic E-state index is 12.9. The molecule has 1 aromatic heterocycles. The number of nitrogens with zero attached hydrogens (tertiary/aromatic N) is 2. The van der Waals surface area contributed by atoms with Gasteiger partial charge in [-0.1, -0.05) is 46.5 Å². The van der Waals surface area contributed by atoms with Crippen LogP contribution in [0.5, 0.6) is 5.75 Å². The van der Waals surface area contributed by atoms with Crippen LogP contribution in [0.15, 0.2) is 24.3 Å². The first-order valence-electron chi connectivity index (χ1n) is 10.3. The summed E-state index contributed by atoms with van der Waals surface area (Å²) < 4.78 is 7.25. The smallest absolute Gasteiger partial charge is 0.278 e. The minimum absolute atomic E-state index is 0.0803. The average Bonchev–Trinajstić information content (AvgIpc) is 2.94. The fourth-order valence-electron chi connectivity index (χ4n) is 3.22. The molecule has 0 fully saturated rings. The van der Waals surface area contributed by atoms with Gasteiger partial charge in [0.15, 0.2) is 0 Å². The third-order valence-electron chi connectivity index (χ3n) is 4.85. The van der Waals surface area contributed by atoms with Crippen molar-refractivity contribution in [2.45, 2.75) is 73.1 Å². The highest BCUT2D eigenvalue weighted by molar-refractivity contribution is 5.96. The molecule has 2 aromatic rings. The number of ether oxygens (including phenoxy) is 1. The maximum Gasteiger partial charge on any atom is 0.278 e. The lowest BCUT2D eigenvalue weighted by atomic mass is 10.0. The Bertz CT molecular complexity index is 730. The van der Waals surface area contributed by atoms with Gasteiger partial charge in [-0.3, -0.25) is 4.79 Å². The lowest BCUT2D eigenvalue weighted by Gasteiger charge is -2.09. The quantitative estimate of drug-likeness (QED) is 0.501. The third kappa shape index (κ3) is 5.95. The fraction of sp³-hybridized carbons (Fsp3) is 0.565. The van der Waals surface area contributed by atoms with E-state index in [2.05, 4.69) is 25.9 Å². The van der Waals surface area contributed by atoms with E-state index in [4.69, 9.17) is 4.74 Å². The Morgan fingerprint density at radius 3 is 2.37 bits per heavy atom. The van der Waals surface area contributed by atoms with Gasteiger partial charge in [0.1, 0.15) is 5.75 Å². The molecule has 0 atom stereocenters. The number of hydrogen-bond donors (Lipinski definition) is 0. The molecule has 0 radical (unpaired) electrons. The molecule has 1 heterocycles. The number of aryl methyl sites for hydroxylation is 1. The molecule has 0 bridgehead atoms. The molecule has 0 aliphatic rings. The van der Waals surface area contributed by atoms with Crippen LogP contribution >= 0.6 is 0 Å². The van der Waals surface area contributed by atoms with Gasteiger partial charge in [-0.2, -0.15) is 5.10 Å². The summed E-state index contributed by atoms with van der Waals surface area (Å²) in [6.45, 7) is 11.1. The van der Waals surface area contributed by atoms with Crippen molar-refractivity contribution in [3.05, 3.63) is 46.8 Å². The molecule has 0 N–H and O–H groups in total. The number of carbonyl (C=O) groups is 1. The standard InChI is InChI=1S/C23H34N2O2/c1-6-7-8-9-10-11-22-18(4)24-25(19(22)5)23(26)20-12-14-21(15-13-20)27-16-17(2)3/h12-15,17H,6-11,16H2,1-5H3. The van der Waals surface area contributed by atoms with Gasteiger partial charge in [-0.05, 0) is 62.4 Å². The molecular formula is C23H34N2O2. The average molecular weight is 371 g/mol. The van der Waals surface area contributed by atoms with Crippen LogP contribution < -0.4 is 4.74 Å². The SMILES string of the molecule is CCCCCCCc1c(C)nn(C(=O)c2ccc(OCC(C)C)cc2)c1C. The fourth-order valence-corrected chi connectivity index (χ4v) is 3.22. The van der Waals surface area contributed by atoms with Crippen molar-refractivity contribution in [1.82, 2.24) is 9.78 Å². The summed E-state index contributed by atoms with van der Waals surface area (Å²) in [7, 11) is 0. The number of aromatic nitrogens is 2. The lowest BCUT2D eigenvalue weighted by molar-refractivity contribution is 0.0942. The normalized spacial score (nSPS) is 11.2. The zero-order valence-corrected chi connectivity index (χ0v) is 17.5. The van der Waals surface area contributed by atoms with E-state index in [1.54, 1.807) is 4.68 Å². The third-order valence-corrected chi connectivity index (χ3v) is 4.85. The predicted molar refractivity (Wildman–Crippen MR) is 111 cm³/mol. The molecule has 0 unspecified atom stereocenters. The van der Waals surface area contributed by atoms with Crippen LogP contribution in [0.4, 0.5) is 0 Å². The molecular weight excluding hydrogens is 336 g/mol. The van der Waals surface area contributed by atoms with E-state index in [1.807, 2.05) is 38.1 Å². The van der Waals surface area contributed by atoms with Crippen molar-refractivity contribution in [3.8, 4) is 5.75 Å². The molecule has 4 heteroatoms. The number of benzene rings is 1. The van der Waals surface area contributed by atoms with Crippen molar-refractivity contribution >= 4 is 5.91 Å². The highest BCUT2D eigenvalue weighted by Crippen LogP contribution is 2.19. The zero-order valence-electron chi connectivity index (χ0n) is 17.5. The van der Waals surface area contributed by atoms with Crippen molar-refractivity contribution in [2.75, 3.05) is 6.61 Å². The summed E-state index contributed by atoms with van der Waals surface area (Å²) in [5, 5.41) is 4.52. The van der Waals surface area contributed by atoms with Crippen LogP contribution in [0.25, 0.3) is 0 Å². The monoisotopic (exact) mass is 370 g/mol. The summed E-state index contributed by atoms with van der Waals surface area (Å²) in [5.41, 5.74) is 3.78. The predicted octanol–water partition coefficient (Wildman–Crippen LogP) is 5.74. The Hall–Kier alpha value is -2.10. The van der Waals surface area contributed by atoms with Gasteiger partial charge < -0.3 is 4.74 Å². The zero-order chi connectivity index (χ0) is 19.8. The van der Waals surface area contributed by atoms with Gasteiger partial charge >= 0.3 is 0 Å². The second-order valence-electron chi connectivity index (χ2n) is 7.76. The summed E-state index contributed by atoms with van der Waals surface area (Å²) >= 11 is 0. The molecule has 148 valence electrons. The van der Waals surface area contributed by atoms with Crippen molar-refractivity contribution < 1.29 is 9.53 Å². The van der Waals surface area contributed by atoms with Crippen LogP contribution in [0.1, 0.15) is 80.2 Å². The molecule has 0 spiro atoms. The Kier molecular flexibility index (Phi) is 8.08. The van der Waals surface area contributed by atoms with Gasteiger partial charge in [-0.15, -0.1) is 0 Å².